The van der Waals surface area contributed by atoms with Gasteiger partial charge in [-0.1, -0.05) is 72.9 Å². The van der Waals surface area contributed by atoms with Gasteiger partial charge in [0.05, 0.1) is 19.1 Å². The Labute approximate surface area is 258 Å². The largest absolute Gasteiger partial charge is 0.506 e. The number of amides is 2. The van der Waals surface area contributed by atoms with Crippen LogP contribution in [0.2, 0.25) is 10.0 Å². The molecule has 2 amide bonds. The van der Waals surface area contributed by atoms with Crippen LogP contribution in [0.4, 0.5) is 9.18 Å². The number of carbonyl (C=O) groups excluding carboxylic acids is 2. The summed E-state index contributed by atoms with van der Waals surface area (Å²) < 4.78 is 25.1. The average Bonchev–Trinajstić information content (AvgIpc) is 2.96. The minimum atomic E-state index is -1.40. The zero-order chi connectivity index (χ0) is 30.7. The quantitative estimate of drug-likeness (QED) is 0.273. The summed E-state index contributed by atoms with van der Waals surface area (Å²) in [5, 5.41) is 10.0. The van der Waals surface area contributed by atoms with E-state index in [9.17, 15) is 18.8 Å². The summed E-state index contributed by atoms with van der Waals surface area (Å²) in [5.41, 5.74) is 2.18. The maximum absolute atomic E-state index is 14.4. The number of hydrogen-bond acceptors (Lipinski definition) is 5. The molecule has 0 bridgehead atoms. The van der Waals surface area contributed by atoms with Crippen molar-refractivity contribution in [2.75, 3.05) is 13.1 Å². The van der Waals surface area contributed by atoms with Crippen LogP contribution >= 0.6 is 23.2 Å². The molecule has 0 radical (unpaired) electrons. The Bertz CT molecular complexity index is 1450. The third-order valence-corrected chi connectivity index (χ3v) is 8.29. The average molecular weight is 630 g/mol. The molecular formula is C32H31Cl2FN2O6. The maximum atomic E-state index is 14.4. The molecule has 2 aliphatic heterocycles. The molecule has 0 unspecified atom stereocenters. The second kappa shape index (κ2) is 13.3. The predicted molar refractivity (Wildman–Crippen MR) is 158 cm³/mol. The summed E-state index contributed by atoms with van der Waals surface area (Å²) in [4.78, 5) is 42.6. The lowest BCUT2D eigenvalue weighted by atomic mass is 9.88. The first kappa shape index (κ1) is 30.8. The molecule has 0 aliphatic carbocycles. The Morgan fingerprint density at radius 2 is 1.56 bits per heavy atom. The van der Waals surface area contributed by atoms with Crippen LogP contribution in [0.15, 0.2) is 72.8 Å². The van der Waals surface area contributed by atoms with E-state index in [2.05, 4.69) is 0 Å². The fraction of sp³-hybridized carbons (Fsp3) is 0.344. The first-order valence-electron chi connectivity index (χ1n) is 14.1. The number of likely N-dealkylation sites (tertiary alicyclic amines) is 1. The van der Waals surface area contributed by atoms with Crippen LogP contribution in [0.3, 0.4) is 0 Å². The molecule has 1 N–H and O–H groups in total. The van der Waals surface area contributed by atoms with E-state index in [1.807, 2.05) is 31.2 Å². The summed E-state index contributed by atoms with van der Waals surface area (Å²) in [6.07, 6.45) is -2.54. The van der Waals surface area contributed by atoms with Crippen LogP contribution in [-0.2, 0) is 25.5 Å². The van der Waals surface area contributed by atoms with Crippen molar-refractivity contribution in [3.05, 3.63) is 105 Å². The van der Waals surface area contributed by atoms with Crippen molar-refractivity contribution in [1.29, 1.82) is 0 Å². The van der Waals surface area contributed by atoms with Gasteiger partial charge in [-0.25, -0.2) is 9.18 Å². The second-order valence-electron chi connectivity index (χ2n) is 10.7. The molecule has 5 rings (SSSR count). The Morgan fingerprint density at radius 1 is 0.977 bits per heavy atom. The highest BCUT2D eigenvalue weighted by atomic mass is 35.5. The molecule has 11 heteroatoms. The molecular weight excluding hydrogens is 598 g/mol. The minimum absolute atomic E-state index is 0.106. The highest BCUT2D eigenvalue weighted by molar-refractivity contribution is 6.30. The van der Waals surface area contributed by atoms with Gasteiger partial charge in [0.1, 0.15) is 30.2 Å². The van der Waals surface area contributed by atoms with E-state index in [1.54, 1.807) is 41.3 Å². The Balaban J connectivity index is 1.58. The second-order valence-corrected chi connectivity index (χ2v) is 11.6. The van der Waals surface area contributed by atoms with E-state index in [-0.39, 0.29) is 31.3 Å². The first-order chi connectivity index (χ1) is 20.6. The molecule has 8 nitrogen and oxygen atoms in total. The lowest BCUT2D eigenvalue weighted by molar-refractivity contribution is -0.185. The normalized spacial score (nSPS) is 21.3. The number of carbonyl (C=O) groups is 3. The predicted octanol–water partition coefficient (Wildman–Crippen LogP) is 6.46. The lowest BCUT2D eigenvalue weighted by Crippen LogP contribution is -2.63. The van der Waals surface area contributed by atoms with Crippen LogP contribution in [-0.4, -0.2) is 64.2 Å². The van der Waals surface area contributed by atoms with E-state index in [1.165, 1.54) is 17.0 Å². The van der Waals surface area contributed by atoms with Crippen molar-refractivity contribution >= 4 is 41.2 Å². The third-order valence-electron chi connectivity index (χ3n) is 7.78. The molecule has 43 heavy (non-hydrogen) atoms. The number of ether oxygens (including phenoxy) is 2. The summed E-state index contributed by atoms with van der Waals surface area (Å²) in [6.45, 7) is 2.14. The zero-order valence-electron chi connectivity index (χ0n) is 23.4. The highest BCUT2D eigenvalue weighted by Gasteiger charge is 2.50. The fourth-order valence-electron chi connectivity index (χ4n) is 5.69. The number of hydrogen-bond donors (Lipinski definition) is 1. The molecule has 226 valence electrons. The molecule has 2 heterocycles. The van der Waals surface area contributed by atoms with Gasteiger partial charge >= 0.3 is 6.16 Å². The summed E-state index contributed by atoms with van der Waals surface area (Å²) in [7, 11) is 0. The van der Waals surface area contributed by atoms with Gasteiger partial charge in [-0.3, -0.25) is 9.59 Å². The van der Waals surface area contributed by atoms with E-state index < -0.39 is 42.4 Å². The van der Waals surface area contributed by atoms with Gasteiger partial charge < -0.3 is 24.4 Å². The van der Waals surface area contributed by atoms with E-state index in [0.29, 0.717) is 28.5 Å². The number of morpholine rings is 1. The van der Waals surface area contributed by atoms with Crippen LogP contribution in [0.25, 0.3) is 0 Å². The van der Waals surface area contributed by atoms with Crippen molar-refractivity contribution in [2.45, 2.75) is 56.6 Å². The number of carboxylic acid groups (broad SMARTS) is 1. The first-order valence-corrected chi connectivity index (χ1v) is 14.8. The monoisotopic (exact) mass is 628 g/mol. The van der Waals surface area contributed by atoms with Crippen LogP contribution in [0.1, 0.15) is 48.6 Å². The minimum Gasteiger partial charge on any atom is -0.450 e. The van der Waals surface area contributed by atoms with Gasteiger partial charge in [0.2, 0.25) is 5.91 Å². The van der Waals surface area contributed by atoms with Crippen molar-refractivity contribution in [3.8, 4) is 0 Å². The number of rotatable bonds is 9. The van der Waals surface area contributed by atoms with Gasteiger partial charge in [-0.15, -0.1) is 0 Å². The van der Waals surface area contributed by atoms with Crippen LogP contribution in [0, 0.1) is 5.82 Å². The topological polar surface area (TPSA) is 96.4 Å². The molecule has 3 aromatic carbocycles. The van der Waals surface area contributed by atoms with Crippen molar-refractivity contribution < 1.29 is 33.4 Å². The summed E-state index contributed by atoms with van der Waals surface area (Å²) in [5.74, 6) is -1.06. The maximum Gasteiger partial charge on any atom is 0.506 e. The van der Waals surface area contributed by atoms with Gasteiger partial charge in [0, 0.05) is 16.5 Å². The molecule has 2 saturated heterocycles. The number of halogens is 3. The molecule has 0 spiro atoms. The van der Waals surface area contributed by atoms with E-state index in [4.69, 9.17) is 37.8 Å². The van der Waals surface area contributed by atoms with Crippen molar-refractivity contribution in [1.82, 2.24) is 9.80 Å². The Hall–Kier alpha value is -3.66. The zero-order valence-corrected chi connectivity index (χ0v) is 24.9. The smallest absolute Gasteiger partial charge is 0.450 e. The van der Waals surface area contributed by atoms with Gasteiger partial charge in [-0.2, -0.15) is 0 Å². The standard InChI is InChI=1S/C32H31Cl2FN2O6/c1-2-3-26(30(38)36-17-25(18-36)42-32(40)41)37-28(20-6-10-22(33)11-7-20)29(21-8-12-23(34)13-9-21)43-27(31(37)39)16-19-4-14-24(35)15-5-19/h4-15,25-29H,2-3,16-18H2,1H3,(H,40,41)/t26-,27+,28-,29+/m0/s1. The van der Waals surface area contributed by atoms with Crippen LogP contribution in [0.5, 0.6) is 0 Å². The van der Waals surface area contributed by atoms with E-state index in [0.717, 1.165) is 11.1 Å². The van der Waals surface area contributed by atoms with Gasteiger partial charge in [-0.05, 0) is 59.5 Å². The number of nitrogens with zero attached hydrogens (tertiary/aromatic N) is 2. The fourth-order valence-corrected chi connectivity index (χ4v) is 5.94. The third kappa shape index (κ3) is 6.95. The molecule has 0 aromatic heterocycles. The molecule has 3 aromatic rings. The number of benzene rings is 3. The van der Waals surface area contributed by atoms with Crippen LogP contribution < -0.4 is 0 Å². The van der Waals surface area contributed by atoms with Gasteiger partial charge in [0.15, 0.2) is 0 Å². The lowest BCUT2D eigenvalue weighted by Gasteiger charge is -2.49. The van der Waals surface area contributed by atoms with Gasteiger partial charge in [0.25, 0.3) is 5.91 Å². The van der Waals surface area contributed by atoms with Crippen molar-refractivity contribution in [3.63, 3.8) is 0 Å². The summed E-state index contributed by atoms with van der Waals surface area (Å²) >= 11 is 12.4. The molecule has 2 fully saturated rings. The van der Waals surface area contributed by atoms with Crippen molar-refractivity contribution in [2.24, 2.45) is 0 Å². The highest BCUT2D eigenvalue weighted by Crippen LogP contribution is 2.45. The Kier molecular flexibility index (Phi) is 9.54. The summed E-state index contributed by atoms with van der Waals surface area (Å²) in [6, 6.07) is 18.5. The van der Waals surface area contributed by atoms with E-state index >= 15 is 0 Å². The molecule has 4 atom stereocenters. The Morgan fingerprint density at radius 3 is 2.12 bits per heavy atom. The SMILES string of the molecule is CCC[C@@H](C(=O)N1CC(OC(=O)O)C1)N1C(=O)[C@@H](Cc2ccc(F)cc2)O[C@H](c2ccc(Cl)cc2)[C@@H]1c1ccc(Cl)cc1. The molecule has 0 saturated carbocycles. The molecule has 2 aliphatic rings.